The minimum absolute atomic E-state index is 0.133. The van der Waals surface area contributed by atoms with Gasteiger partial charge in [-0.05, 0) is 47.5 Å². The summed E-state index contributed by atoms with van der Waals surface area (Å²) in [6.45, 7) is -0.277. The van der Waals surface area contributed by atoms with Crippen molar-refractivity contribution in [3.63, 3.8) is 0 Å². The van der Waals surface area contributed by atoms with Gasteiger partial charge in [-0.2, -0.15) is 0 Å². The number of carboxylic acid groups (broad SMARTS) is 1. The lowest BCUT2D eigenvalue weighted by atomic mass is 10.2. The molecule has 31 heavy (non-hydrogen) atoms. The van der Waals surface area contributed by atoms with Crippen molar-refractivity contribution in [1.29, 1.82) is 0 Å². The van der Waals surface area contributed by atoms with Gasteiger partial charge in [0.25, 0.3) is 0 Å². The Bertz CT molecular complexity index is 1040. The van der Waals surface area contributed by atoms with Gasteiger partial charge in [-0.25, -0.2) is 13.6 Å². The van der Waals surface area contributed by atoms with E-state index < -0.39 is 12.6 Å². The van der Waals surface area contributed by atoms with Crippen molar-refractivity contribution in [1.82, 2.24) is 0 Å². The van der Waals surface area contributed by atoms with Crippen LogP contribution in [0.25, 0.3) is 0 Å². The van der Waals surface area contributed by atoms with Crippen molar-refractivity contribution in [2.24, 2.45) is 5.16 Å². The molecule has 0 saturated carbocycles. The smallest absolute Gasteiger partial charge is 0.344 e. The summed E-state index contributed by atoms with van der Waals surface area (Å²) in [5.41, 5.74) is 1.98. The average Bonchev–Trinajstić information content (AvgIpc) is 2.76. The molecule has 1 N–H and O–H groups in total. The van der Waals surface area contributed by atoms with Gasteiger partial charge >= 0.3 is 5.97 Å². The molecule has 0 amide bonds. The molecule has 0 aliphatic rings. The molecule has 3 aromatic rings. The zero-order valence-corrected chi connectivity index (χ0v) is 16.3. The molecule has 0 bridgehead atoms. The molecule has 8 heteroatoms. The maximum atomic E-state index is 13.1. The minimum atomic E-state index is -1.15. The van der Waals surface area contributed by atoms with Crippen LogP contribution in [0.3, 0.4) is 0 Å². The SMILES string of the molecule is O=C(O)CON=Cc1cccc(OCc2ccc(F)cc2)c1OCc1ccc(F)cc1. The Balaban J connectivity index is 1.79. The molecule has 0 radical (unpaired) electrons. The van der Waals surface area contributed by atoms with Crippen LogP contribution in [0.15, 0.2) is 71.9 Å². The second-order valence-electron chi connectivity index (χ2n) is 6.41. The van der Waals surface area contributed by atoms with E-state index in [4.69, 9.17) is 19.4 Å². The maximum Gasteiger partial charge on any atom is 0.344 e. The van der Waals surface area contributed by atoms with Gasteiger partial charge in [0.15, 0.2) is 11.5 Å². The van der Waals surface area contributed by atoms with E-state index in [1.54, 1.807) is 42.5 Å². The van der Waals surface area contributed by atoms with E-state index in [0.29, 0.717) is 17.1 Å². The Morgan fingerprint density at radius 2 is 1.45 bits per heavy atom. The zero-order valence-electron chi connectivity index (χ0n) is 16.3. The number of ether oxygens (including phenoxy) is 2. The van der Waals surface area contributed by atoms with Gasteiger partial charge in [0, 0.05) is 5.56 Å². The second-order valence-corrected chi connectivity index (χ2v) is 6.41. The van der Waals surface area contributed by atoms with Crippen LogP contribution in [0.4, 0.5) is 8.78 Å². The van der Waals surface area contributed by atoms with E-state index in [-0.39, 0.29) is 24.8 Å². The molecule has 0 aliphatic carbocycles. The highest BCUT2D eigenvalue weighted by Gasteiger charge is 2.12. The molecule has 0 atom stereocenters. The Morgan fingerprint density at radius 3 is 2.03 bits per heavy atom. The monoisotopic (exact) mass is 427 g/mol. The predicted octanol–water partition coefficient (Wildman–Crippen LogP) is 4.56. The van der Waals surface area contributed by atoms with Gasteiger partial charge in [0.1, 0.15) is 24.8 Å². The Labute approximate surface area is 177 Å². The van der Waals surface area contributed by atoms with Crippen LogP contribution in [0.1, 0.15) is 16.7 Å². The predicted molar refractivity (Wildman–Crippen MR) is 109 cm³/mol. The summed E-state index contributed by atoms with van der Waals surface area (Å²) in [5.74, 6) is -1.10. The molecule has 0 spiro atoms. The van der Waals surface area contributed by atoms with Crippen LogP contribution in [0.2, 0.25) is 0 Å². The van der Waals surface area contributed by atoms with Gasteiger partial charge < -0.3 is 19.4 Å². The van der Waals surface area contributed by atoms with Gasteiger partial charge in [0.05, 0.1) is 6.21 Å². The van der Waals surface area contributed by atoms with E-state index in [1.165, 1.54) is 30.5 Å². The lowest BCUT2D eigenvalue weighted by Crippen LogP contribution is -2.05. The van der Waals surface area contributed by atoms with E-state index in [9.17, 15) is 13.6 Å². The van der Waals surface area contributed by atoms with Crippen LogP contribution in [-0.2, 0) is 22.8 Å². The summed E-state index contributed by atoms with van der Waals surface area (Å²) < 4.78 is 38.0. The molecule has 160 valence electrons. The summed E-state index contributed by atoms with van der Waals surface area (Å²) in [6.07, 6.45) is 1.31. The normalized spacial score (nSPS) is 10.8. The van der Waals surface area contributed by atoms with E-state index in [2.05, 4.69) is 5.16 Å². The number of halogens is 2. The fraction of sp³-hybridized carbons (Fsp3) is 0.130. The molecular weight excluding hydrogens is 408 g/mol. The van der Waals surface area contributed by atoms with Crippen LogP contribution in [0, 0.1) is 11.6 Å². The first-order valence-corrected chi connectivity index (χ1v) is 9.26. The number of para-hydroxylation sites is 1. The summed E-state index contributed by atoms with van der Waals surface area (Å²) >= 11 is 0. The molecule has 6 nitrogen and oxygen atoms in total. The summed E-state index contributed by atoms with van der Waals surface area (Å²) in [5, 5.41) is 12.3. The highest BCUT2D eigenvalue weighted by atomic mass is 19.1. The quantitative estimate of drug-likeness (QED) is 0.379. The van der Waals surface area contributed by atoms with Gasteiger partial charge in [-0.15, -0.1) is 0 Å². The van der Waals surface area contributed by atoms with Crippen molar-refractivity contribution in [3.05, 3.63) is 95.1 Å². The third-order valence-electron chi connectivity index (χ3n) is 4.07. The standard InChI is InChI=1S/C23H19F2NO5/c24-19-8-4-16(5-9-19)13-29-21-3-1-2-18(12-26-31-15-22(27)28)23(21)30-14-17-6-10-20(25)11-7-17/h1-12H,13-15H2,(H,27,28). The van der Waals surface area contributed by atoms with Crippen molar-refractivity contribution in [3.8, 4) is 11.5 Å². The number of carbonyl (C=O) groups is 1. The third-order valence-corrected chi connectivity index (χ3v) is 4.07. The number of oxime groups is 1. The largest absolute Gasteiger partial charge is 0.485 e. The van der Waals surface area contributed by atoms with Gasteiger partial charge in [-0.1, -0.05) is 35.5 Å². The first-order chi connectivity index (χ1) is 15.0. The summed E-state index contributed by atoms with van der Waals surface area (Å²) in [6, 6.07) is 16.9. The number of hydrogen-bond acceptors (Lipinski definition) is 5. The van der Waals surface area contributed by atoms with Crippen LogP contribution in [-0.4, -0.2) is 23.9 Å². The molecule has 3 aromatic carbocycles. The van der Waals surface area contributed by atoms with Crippen molar-refractivity contribution < 1.29 is 33.0 Å². The fourth-order valence-electron chi connectivity index (χ4n) is 2.57. The lowest BCUT2D eigenvalue weighted by Gasteiger charge is -2.15. The molecule has 0 fully saturated rings. The molecular formula is C23H19F2NO5. The number of rotatable bonds is 10. The van der Waals surface area contributed by atoms with E-state index in [0.717, 1.165) is 11.1 Å². The van der Waals surface area contributed by atoms with Crippen molar-refractivity contribution in [2.75, 3.05) is 6.61 Å². The summed E-state index contributed by atoms with van der Waals surface area (Å²) in [7, 11) is 0. The van der Waals surface area contributed by atoms with E-state index in [1.807, 2.05) is 0 Å². The Kier molecular flexibility index (Phi) is 7.53. The van der Waals surface area contributed by atoms with Crippen molar-refractivity contribution >= 4 is 12.2 Å². The highest BCUT2D eigenvalue weighted by molar-refractivity contribution is 5.84. The lowest BCUT2D eigenvalue weighted by molar-refractivity contribution is -0.142. The highest BCUT2D eigenvalue weighted by Crippen LogP contribution is 2.32. The number of carboxylic acids is 1. The molecule has 0 saturated heterocycles. The van der Waals surface area contributed by atoms with Crippen LogP contribution >= 0.6 is 0 Å². The molecule has 0 unspecified atom stereocenters. The maximum absolute atomic E-state index is 13.1. The Morgan fingerprint density at radius 1 is 0.871 bits per heavy atom. The van der Waals surface area contributed by atoms with Crippen LogP contribution in [0.5, 0.6) is 11.5 Å². The van der Waals surface area contributed by atoms with Crippen LogP contribution < -0.4 is 9.47 Å². The molecule has 0 heterocycles. The zero-order chi connectivity index (χ0) is 22.1. The van der Waals surface area contributed by atoms with Crippen molar-refractivity contribution in [2.45, 2.75) is 13.2 Å². The number of aliphatic carboxylic acids is 1. The number of nitrogens with zero attached hydrogens (tertiary/aromatic N) is 1. The van der Waals surface area contributed by atoms with Gasteiger partial charge in [-0.3, -0.25) is 0 Å². The number of hydrogen-bond donors (Lipinski definition) is 1. The number of benzene rings is 3. The third kappa shape index (κ3) is 6.81. The minimum Gasteiger partial charge on any atom is -0.485 e. The summed E-state index contributed by atoms with van der Waals surface area (Å²) in [4.78, 5) is 15.3. The molecule has 0 aromatic heterocycles. The van der Waals surface area contributed by atoms with E-state index >= 15 is 0 Å². The second kappa shape index (κ2) is 10.7. The Hall–Kier alpha value is -3.94. The fourth-order valence-corrected chi connectivity index (χ4v) is 2.57. The first kappa shape index (κ1) is 21.8. The van der Waals surface area contributed by atoms with Gasteiger partial charge in [0.2, 0.25) is 6.61 Å². The average molecular weight is 427 g/mol. The topological polar surface area (TPSA) is 77.4 Å². The molecule has 3 rings (SSSR count). The first-order valence-electron chi connectivity index (χ1n) is 9.26. The molecule has 0 aliphatic heterocycles.